The Hall–Kier alpha value is -3.16. The molecule has 4 aliphatic rings. The molecular formula is C29H34O8. The van der Waals surface area contributed by atoms with Crippen LogP contribution >= 0.6 is 0 Å². The van der Waals surface area contributed by atoms with Gasteiger partial charge in [-0.25, -0.2) is 0 Å². The Bertz CT molecular complexity index is 1210. The molecule has 0 radical (unpaired) electrons. The van der Waals surface area contributed by atoms with E-state index in [1.807, 2.05) is 32.1 Å². The average Bonchev–Trinajstić information content (AvgIpc) is 3.44. The van der Waals surface area contributed by atoms with E-state index in [2.05, 4.69) is 6.92 Å². The van der Waals surface area contributed by atoms with Crippen LogP contribution in [0.3, 0.4) is 0 Å². The number of methoxy groups -OCH3 is 1. The molecule has 7 atom stereocenters. The summed E-state index contributed by atoms with van der Waals surface area (Å²) >= 11 is 0. The van der Waals surface area contributed by atoms with Crippen molar-refractivity contribution in [1.29, 1.82) is 0 Å². The normalized spacial score (nSPS) is 38.7. The second-order valence-electron chi connectivity index (χ2n) is 11.7. The molecule has 0 amide bonds. The second kappa shape index (κ2) is 8.71. The minimum atomic E-state index is -0.901. The number of carbonyl (C=O) groups excluding carboxylic acids is 4. The maximum absolute atomic E-state index is 14.0. The molecule has 1 saturated heterocycles. The van der Waals surface area contributed by atoms with E-state index in [4.69, 9.17) is 18.6 Å². The smallest absolute Gasteiger partial charge is 0.310 e. The van der Waals surface area contributed by atoms with Crippen molar-refractivity contribution in [3.63, 3.8) is 0 Å². The summed E-state index contributed by atoms with van der Waals surface area (Å²) < 4.78 is 22.0. The van der Waals surface area contributed by atoms with Crippen LogP contribution in [0.1, 0.15) is 71.5 Å². The molecule has 0 N–H and O–H groups in total. The largest absolute Gasteiger partial charge is 0.472 e. The zero-order valence-electron chi connectivity index (χ0n) is 22.0. The van der Waals surface area contributed by atoms with Crippen molar-refractivity contribution in [3.05, 3.63) is 47.5 Å². The number of ether oxygens (including phenoxy) is 3. The summed E-state index contributed by atoms with van der Waals surface area (Å²) in [5, 5.41) is 0. The molecule has 2 heterocycles. The maximum atomic E-state index is 14.0. The predicted molar refractivity (Wildman–Crippen MR) is 131 cm³/mol. The van der Waals surface area contributed by atoms with Crippen LogP contribution in [0.4, 0.5) is 0 Å². The van der Waals surface area contributed by atoms with Gasteiger partial charge in [0, 0.05) is 41.6 Å². The number of hydrogen-bond donors (Lipinski definition) is 0. The Kier molecular flexibility index (Phi) is 6.00. The van der Waals surface area contributed by atoms with Crippen LogP contribution in [0.25, 0.3) is 0 Å². The van der Waals surface area contributed by atoms with Crippen molar-refractivity contribution in [2.75, 3.05) is 7.11 Å². The van der Waals surface area contributed by atoms with Gasteiger partial charge in [-0.1, -0.05) is 26.8 Å². The van der Waals surface area contributed by atoms with Gasteiger partial charge in [0.1, 0.15) is 18.0 Å². The minimum Gasteiger partial charge on any atom is -0.472 e. The number of ketones is 1. The van der Waals surface area contributed by atoms with E-state index in [-0.39, 0.29) is 36.9 Å². The summed E-state index contributed by atoms with van der Waals surface area (Å²) in [5.74, 6) is -1.78. The van der Waals surface area contributed by atoms with Crippen LogP contribution in [0, 0.1) is 28.1 Å². The lowest BCUT2D eigenvalue weighted by Gasteiger charge is -2.53. The van der Waals surface area contributed by atoms with E-state index in [9.17, 15) is 19.2 Å². The van der Waals surface area contributed by atoms with E-state index in [1.54, 1.807) is 12.5 Å². The topological polar surface area (TPSA) is 109 Å². The third-order valence-electron chi connectivity index (χ3n) is 9.74. The lowest BCUT2D eigenvalue weighted by Crippen LogP contribution is -2.50. The number of Topliss-reactive ketones (excluding diaryl/α,β-unsaturated/α-hetero) is 1. The van der Waals surface area contributed by atoms with Gasteiger partial charge in [-0.2, -0.15) is 0 Å². The number of hydrogen-bond acceptors (Lipinski definition) is 8. The summed E-state index contributed by atoms with van der Waals surface area (Å²) in [6.07, 6.45) is 7.46. The number of allylic oxidation sites excluding steroid dienone is 2. The third kappa shape index (κ3) is 3.70. The van der Waals surface area contributed by atoms with Gasteiger partial charge in [0.05, 0.1) is 26.1 Å². The van der Waals surface area contributed by atoms with E-state index < -0.39 is 46.3 Å². The molecule has 1 aromatic heterocycles. The third-order valence-corrected chi connectivity index (χ3v) is 9.74. The molecular weight excluding hydrogens is 476 g/mol. The van der Waals surface area contributed by atoms with Crippen molar-refractivity contribution in [3.8, 4) is 0 Å². The molecule has 8 nitrogen and oxygen atoms in total. The number of cyclic esters (lactones) is 1. The lowest BCUT2D eigenvalue weighted by atomic mass is 9.52. The highest BCUT2D eigenvalue weighted by molar-refractivity contribution is 5.91. The first-order chi connectivity index (χ1) is 17.4. The molecule has 0 spiro atoms. The molecule has 1 saturated carbocycles. The van der Waals surface area contributed by atoms with Crippen molar-refractivity contribution >= 4 is 23.7 Å². The summed E-state index contributed by atoms with van der Waals surface area (Å²) in [5.41, 5.74) is 0.463. The Balaban J connectivity index is 1.73. The monoisotopic (exact) mass is 510 g/mol. The fourth-order valence-electron chi connectivity index (χ4n) is 7.76. The molecule has 198 valence electrons. The number of carbonyl (C=O) groups is 4. The number of fused-ring (bicyclic) bond motifs is 5. The molecule has 3 aliphatic carbocycles. The van der Waals surface area contributed by atoms with Gasteiger partial charge in [-0.05, 0) is 48.0 Å². The highest BCUT2D eigenvalue weighted by atomic mass is 16.6. The molecule has 1 aromatic rings. The first kappa shape index (κ1) is 25.5. The molecule has 8 heteroatoms. The summed E-state index contributed by atoms with van der Waals surface area (Å²) in [6.45, 7) is 7.32. The Morgan fingerprint density at radius 2 is 1.95 bits per heavy atom. The van der Waals surface area contributed by atoms with Crippen LogP contribution in [0.5, 0.6) is 0 Å². The highest BCUT2D eigenvalue weighted by Crippen LogP contribution is 2.66. The predicted octanol–water partition coefficient (Wildman–Crippen LogP) is 4.65. The maximum Gasteiger partial charge on any atom is 0.310 e. The van der Waals surface area contributed by atoms with Gasteiger partial charge in [0.25, 0.3) is 0 Å². The van der Waals surface area contributed by atoms with Gasteiger partial charge < -0.3 is 18.6 Å². The number of furan rings is 1. The van der Waals surface area contributed by atoms with Crippen LogP contribution in [0.15, 0.2) is 46.3 Å². The number of rotatable bonds is 4. The summed E-state index contributed by atoms with van der Waals surface area (Å²) in [6, 6.07) is 1.81. The first-order valence-corrected chi connectivity index (χ1v) is 12.9. The molecule has 37 heavy (non-hydrogen) atoms. The molecule has 2 bridgehead atoms. The number of esters is 3. The van der Waals surface area contributed by atoms with E-state index in [0.717, 1.165) is 16.7 Å². The second-order valence-corrected chi connectivity index (χ2v) is 11.7. The van der Waals surface area contributed by atoms with Gasteiger partial charge in [-0.15, -0.1) is 0 Å². The van der Waals surface area contributed by atoms with Crippen LogP contribution in [0.2, 0.25) is 0 Å². The molecule has 0 unspecified atom stereocenters. The SMILES string of the molecule is COC(=O)C[C@H]1[C@@]2(C)CC(=O)[C@]1(C)[C@H]1CC[C@]3(C)C(=C1C=C[C@H]2OC(C)=O)CC(=O)O[C@H]3c1ccoc1. The van der Waals surface area contributed by atoms with Crippen molar-refractivity contribution in [2.45, 2.75) is 72.0 Å². The average molecular weight is 511 g/mol. The zero-order valence-corrected chi connectivity index (χ0v) is 22.0. The molecule has 1 aliphatic heterocycles. The lowest BCUT2D eigenvalue weighted by molar-refractivity contribution is -0.162. The molecule has 2 fully saturated rings. The molecule has 0 aromatic carbocycles. The Morgan fingerprint density at radius 3 is 2.59 bits per heavy atom. The Morgan fingerprint density at radius 1 is 1.19 bits per heavy atom. The Labute approximate surface area is 216 Å². The zero-order chi connectivity index (χ0) is 26.8. The van der Waals surface area contributed by atoms with Crippen molar-refractivity contribution in [1.82, 2.24) is 0 Å². The van der Waals surface area contributed by atoms with Gasteiger partial charge in [0.15, 0.2) is 0 Å². The van der Waals surface area contributed by atoms with Crippen molar-refractivity contribution in [2.24, 2.45) is 28.1 Å². The van der Waals surface area contributed by atoms with E-state index >= 15 is 0 Å². The first-order valence-electron chi connectivity index (χ1n) is 12.9. The standard InChI is InChI=1S/C29H34O8/c1-16(30)36-23-7-6-18-19(29(4)21(13-24(32)34-5)28(23,3)14-22(29)31)8-10-27(2)20(18)12-25(33)37-26(27)17-9-11-35-15-17/h6-7,9,11,15,19,21,23,26H,8,10,12-14H2,1-5H3/t19-,21-,23+,26-,27+,28+,29+/m0/s1. The molecule has 5 rings (SSSR count). The van der Waals surface area contributed by atoms with Gasteiger partial charge in [-0.3, -0.25) is 19.2 Å². The van der Waals surface area contributed by atoms with Crippen LogP contribution < -0.4 is 0 Å². The fraction of sp³-hybridized carbons (Fsp3) is 0.586. The highest BCUT2D eigenvalue weighted by Gasteiger charge is 2.66. The van der Waals surface area contributed by atoms with E-state index in [0.29, 0.717) is 12.8 Å². The fourth-order valence-corrected chi connectivity index (χ4v) is 7.76. The van der Waals surface area contributed by atoms with Gasteiger partial charge >= 0.3 is 17.9 Å². The van der Waals surface area contributed by atoms with Gasteiger partial charge in [0.2, 0.25) is 0 Å². The van der Waals surface area contributed by atoms with Crippen molar-refractivity contribution < 1.29 is 37.8 Å². The van der Waals surface area contributed by atoms with E-state index in [1.165, 1.54) is 14.0 Å². The summed E-state index contributed by atoms with van der Waals surface area (Å²) in [7, 11) is 1.34. The van der Waals surface area contributed by atoms with Crippen LogP contribution in [-0.4, -0.2) is 36.9 Å². The minimum absolute atomic E-state index is 0.0386. The summed E-state index contributed by atoms with van der Waals surface area (Å²) in [4.78, 5) is 51.6. The quantitative estimate of drug-likeness (QED) is 0.425. The van der Waals surface area contributed by atoms with Crippen LogP contribution in [-0.2, 0) is 33.4 Å².